The largest absolute Gasteiger partial charge is 0.480 e. The zero-order valence-corrected chi connectivity index (χ0v) is 9.92. The summed E-state index contributed by atoms with van der Waals surface area (Å²) in [5, 5.41) is 22.9. The number of para-hydroxylation sites is 1. The second-order valence-corrected chi connectivity index (χ2v) is 4.53. The highest BCUT2D eigenvalue weighted by Gasteiger charge is 2.37. The van der Waals surface area contributed by atoms with Crippen LogP contribution < -0.4 is 5.32 Å². The fourth-order valence-corrected chi connectivity index (χ4v) is 2.00. The molecule has 1 atom stereocenters. The summed E-state index contributed by atoms with van der Waals surface area (Å²) in [7, 11) is 0. The van der Waals surface area contributed by atoms with Crippen LogP contribution >= 0.6 is 0 Å². The number of benzene rings is 1. The molecule has 2 N–H and O–H groups in total. The first kappa shape index (κ1) is 12.3. The molecule has 1 unspecified atom stereocenters. The van der Waals surface area contributed by atoms with E-state index < -0.39 is 16.9 Å². The van der Waals surface area contributed by atoms with Crippen LogP contribution in [0.25, 0.3) is 0 Å². The third-order valence-corrected chi connectivity index (χ3v) is 3.09. The number of hydrogen-bond donors (Lipinski definition) is 2. The molecule has 0 spiro atoms. The normalized spacial score (nSPS) is 16.1. The molecule has 0 aliphatic heterocycles. The number of nitro groups is 1. The van der Waals surface area contributed by atoms with E-state index in [1.807, 2.05) is 0 Å². The number of rotatable bonds is 5. The van der Waals surface area contributed by atoms with Crippen molar-refractivity contribution in [2.24, 2.45) is 5.92 Å². The van der Waals surface area contributed by atoms with Gasteiger partial charge in [-0.3, -0.25) is 10.1 Å². The lowest BCUT2D eigenvalue weighted by Gasteiger charge is -2.15. The fraction of sp³-hybridized carbons (Fsp3) is 0.417. The van der Waals surface area contributed by atoms with E-state index in [4.69, 9.17) is 5.11 Å². The van der Waals surface area contributed by atoms with Crippen LogP contribution in [0.5, 0.6) is 0 Å². The Morgan fingerprint density at radius 1 is 1.56 bits per heavy atom. The lowest BCUT2D eigenvalue weighted by Crippen LogP contribution is -2.31. The van der Waals surface area contributed by atoms with Crippen molar-refractivity contribution < 1.29 is 14.8 Å². The third kappa shape index (κ3) is 2.42. The Kier molecular flexibility index (Phi) is 3.18. The molecule has 1 aromatic carbocycles. The van der Waals surface area contributed by atoms with Gasteiger partial charge in [-0.25, -0.2) is 4.79 Å². The van der Waals surface area contributed by atoms with Gasteiger partial charge in [0.2, 0.25) is 0 Å². The number of aryl methyl sites for hydroxylation is 1. The molecule has 1 fully saturated rings. The molecule has 0 radical (unpaired) electrons. The molecule has 1 saturated carbocycles. The van der Waals surface area contributed by atoms with E-state index in [1.54, 1.807) is 25.1 Å². The smallest absolute Gasteiger partial charge is 0.326 e. The highest BCUT2D eigenvalue weighted by Crippen LogP contribution is 2.36. The van der Waals surface area contributed by atoms with Crippen molar-refractivity contribution in [3.05, 3.63) is 33.9 Å². The van der Waals surface area contributed by atoms with Gasteiger partial charge >= 0.3 is 5.97 Å². The van der Waals surface area contributed by atoms with Gasteiger partial charge in [0, 0.05) is 5.56 Å². The van der Waals surface area contributed by atoms with Crippen LogP contribution in [0.4, 0.5) is 11.4 Å². The Balaban J connectivity index is 2.30. The third-order valence-electron chi connectivity index (χ3n) is 3.09. The van der Waals surface area contributed by atoms with Gasteiger partial charge in [-0.2, -0.15) is 0 Å². The molecule has 0 aromatic heterocycles. The average molecular weight is 250 g/mol. The molecule has 2 rings (SSSR count). The summed E-state index contributed by atoms with van der Waals surface area (Å²) in [6.07, 6.45) is 1.70. The van der Waals surface area contributed by atoms with Crippen LogP contribution in [0.15, 0.2) is 18.2 Å². The summed E-state index contributed by atoms with van der Waals surface area (Å²) < 4.78 is 0. The molecular weight excluding hydrogens is 236 g/mol. The van der Waals surface area contributed by atoms with Gasteiger partial charge in [-0.05, 0) is 31.7 Å². The number of nitrogens with one attached hydrogen (secondary N) is 1. The number of carboxylic acid groups (broad SMARTS) is 1. The molecule has 0 heterocycles. The lowest BCUT2D eigenvalue weighted by atomic mass is 10.1. The molecule has 0 saturated heterocycles. The van der Waals surface area contributed by atoms with Crippen molar-refractivity contribution in [3.8, 4) is 0 Å². The van der Waals surface area contributed by atoms with Crippen molar-refractivity contribution in [1.82, 2.24) is 0 Å². The van der Waals surface area contributed by atoms with Crippen LogP contribution in [0.1, 0.15) is 18.4 Å². The van der Waals surface area contributed by atoms with Gasteiger partial charge < -0.3 is 10.4 Å². The number of nitro benzene ring substituents is 1. The highest BCUT2D eigenvalue weighted by atomic mass is 16.6. The first-order valence-electron chi connectivity index (χ1n) is 5.74. The van der Waals surface area contributed by atoms with E-state index in [0.29, 0.717) is 5.56 Å². The highest BCUT2D eigenvalue weighted by molar-refractivity contribution is 5.80. The van der Waals surface area contributed by atoms with E-state index >= 15 is 0 Å². The molecular formula is C12H14N2O4. The van der Waals surface area contributed by atoms with E-state index in [1.165, 1.54) is 0 Å². The van der Waals surface area contributed by atoms with Crippen molar-refractivity contribution >= 4 is 17.3 Å². The molecule has 1 aromatic rings. The summed E-state index contributed by atoms with van der Waals surface area (Å²) in [6, 6.07) is 4.11. The van der Waals surface area contributed by atoms with Crippen molar-refractivity contribution in [3.63, 3.8) is 0 Å². The zero-order valence-electron chi connectivity index (χ0n) is 9.92. The number of carbonyl (C=O) groups is 1. The molecule has 6 heteroatoms. The van der Waals surface area contributed by atoms with Gasteiger partial charge in [0.25, 0.3) is 5.69 Å². The predicted octanol–water partition coefficient (Wildman–Crippen LogP) is 2.18. The summed E-state index contributed by atoms with van der Waals surface area (Å²) in [6.45, 7) is 1.64. The van der Waals surface area contributed by atoms with Crippen molar-refractivity contribution in [2.45, 2.75) is 25.8 Å². The van der Waals surface area contributed by atoms with Gasteiger partial charge in [0.1, 0.15) is 11.7 Å². The molecule has 1 aliphatic rings. The number of hydrogen-bond acceptors (Lipinski definition) is 4. The summed E-state index contributed by atoms with van der Waals surface area (Å²) in [4.78, 5) is 21.6. The van der Waals surface area contributed by atoms with Gasteiger partial charge in [-0.15, -0.1) is 0 Å². The van der Waals surface area contributed by atoms with Crippen LogP contribution in [-0.2, 0) is 4.79 Å². The fourth-order valence-electron chi connectivity index (χ4n) is 2.00. The molecule has 0 bridgehead atoms. The molecule has 6 nitrogen and oxygen atoms in total. The van der Waals surface area contributed by atoms with E-state index in [9.17, 15) is 14.9 Å². The minimum Gasteiger partial charge on any atom is -0.480 e. The monoisotopic (exact) mass is 250 g/mol. The standard InChI is InChI=1S/C12H14N2O4/c1-7-3-2-4-9(11(7)14(17)18)13-10(12(15)16)8-5-6-8/h2-4,8,10,13H,5-6H2,1H3,(H,15,16). The Morgan fingerprint density at radius 3 is 2.72 bits per heavy atom. The second kappa shape index (κ2) is 4.64. The number of anilines is 1. The average Bonchev–Trinajstić information content (AvgIpc) is 3.08. The van der Waals surface area contributed by atoms with Crippen LogP contribution in [0.3, 0.4) is 0 Å². The second-order valence-electron chi connectivity index (χ2n) is 4.53. The van der Waals surface area contributed by atoms with E-state index in [2.05, 4.69) is 5.32 Å². The van der Waals surface area contributed by atoms with Crippen LogP contribution in [0, 0.1) is 23.0 Å². The van der Waals surface area contributed by atoms with Crippen molar-refractivity contribution in [1.29, 1.82) is 0 Å². The maximum absolute atomic E-state index is 11.1. The quantitative estimate of drug-likeness (QED) is 0.617. The maximum Gasteiger partial charge on any atom is 0.326 e. The summed E-state index contributed by atoms with van der Waals surface area (Å²) >= 11 is 0. The summed E-state index contributed by atoms with van der Waals surface area (Å²) in [5.74, 6) is -0.893. The molecule has 18 heavy (non-hydrogen) atoms. The minimum atomic E-state index is -0.965. The SMILES string of the molecule is Cc1cccc(NC(C(=O)O)C2CC2)c1[N+](=O)[O-]. The van der Waals surface area contributed by atoms with Gasteiger partial charge in [-0.1, -0.05) is 12.1 Å². The maximum atomic E-state index is 11.1. The van der Waals surface area contributed by atoms with Crippen LogP contribution in [0.2, 0.25) is 0 Å². The first-order valence-corrected chi connectivity index (χ1v) is 5.74. The minimum absolute atomic E-state index is 0.0515. The first-order chi connectivity index (χ1) is 8.50. The molecule has 96 valence electrons. The van der Waals surface area contributed by atoms with Crippen LogP contribution in [-0.4, -0.2) is 22.0 Å². The topological polar surface area (TPSA) is 92.5 Å². The van der Waals surface area contributed by atoms with E-state index in [-0.39, 0.29) is 17.3 Å². The zero-order chi connectivity index (χ0) is 13.3. The molecule has 1 aliphatic carbocycles. The van der Waals surface area contributed by atoms with E-state index in [0.717, 1.165) is 12.8 Å². The number of aliphatic carboxylic acids is 1. The Bertz CT molecular complexity index is 497. The van der Waals surface area contributed by atoms with Gasteiger partial charge in [0.15, 0.2) is 0 Å². The Hall–Kier alpha value is -2.11. The van der Waals surface area contributed by atoms with Crippen molar-refractivity contribution in [2.75, 3.05) is 5.32 Å². The Labute approximate surface area is 104 Å². The predicted molar refractivity (Wildman–Crippen MR) is 65.6 cm³/mol. The number of nitrogens with zero attached hydrogens (tertiary/aromatic N) is 1. The summed E-state index contributed by atoms with van der Waals surface area (Å²) in [5.41, 5.74) is 0.744. The van der Waals surface area contributed by atoms with Gasteiger partial charge in [0.05, 0.1) is 4.92 Å². The Morgan fingerprint density at radius 2 is 2.22 bits per heavy atom. The number of carboxylic acids is 1. The molecule has 0 amide bonds. The lowest BCUT2D eigenvalue weighted by molar-refractivity contribution is -0.384.